The van der Waals surface area contributed by atoms with E-state index in [0.717, 1.165) is 18.4 Å². The topological polar surface area (TPSA) is 46.2 Å². The second-order valence-corrected chi connectivity index (χ2v) is 7.04. The van der Waals surface area contributed by atoms with Crippen LogP contribution in [0.25, 0.3) is 0 Å². The van der Waals surface area contributed by atoms with Gasteiger partial charge in [0.1, 0.15) is 4.90 Å². The van der Waals surface area contributed by atoms with Gasteiger partial charge in [0.25, 0.3) is 0 Å². The third kappa shape index (κ3) is 2.46. The van der Waals surface area contributed by atoms with E-state index in [0.29, 0.717) is 0 Å². The van der Waals surface area contributed by atoms with E-state index in [4.69, 9.17) is 11.6 Å². The van der Waals surface area contributed by atoms with E-state index >= 15 is 0 Å². The lowest BCUT2D eigenvalue weighted by atomic mass is 10.1. The first-order chi connectivity index (χ1) is 9.54. The van der Waals surface area contributed by atoms with Crippen LogP contribution in [0.4, 0.5) is 0 Å². The minimum absolute atomic E-state index is 0.129. The lowest BCUT2D eigenvalue weighted by Gasteiger charge is -2.18. The summed E-state index contributed by atoms with van der Waals surface area (Å²) in [6.07, 6.45) is 1.61. The molecule has 104 valence electrons. The monoisotopic (exact) mass is 307 g/mol. The first kappa shape index (κ1) is 13.6. The fourth-order valence-electron chi connectivity index (χ4n) is 2.31. The molecule has 0 saturated heterocycles. The maximum absolute atomic E-state index is 12.5. The van der Waals surface area contributed by atoms with Gasteiger partial charge < -0.3 is 0 Å². The van der Waals surface area contributed by atoms with Crippen LogP contribution < -0.4 is 4.72 Å². The van der Waals surface area contributed by atoms with Crippen LogP contribution in [0.2, 0.25) is 5.02 Å². The first-order valence-electron chi connectivity index (χ1n) is 6.38. The molecule has 3 rings (SSSR count). The van der Waals surface area contributed by atoms with Crippen molar-refractivity contribution in [2.75, 3.05) is 0 Å². The number of benzene rings is 2. The summed E-state index contributed by atoms with van der Waals surface area (Å²) in [5.41, 5.74) is 0.523. The van der Waals surface area contributed by atoms with Crippen LogP contribution in [-0.4, -0.2) is 8.42 Å². The molecule has 0 aromatic heterocycles. The van der Waals surface area contributed by atoms with E-state index in [1.807, 2.05) is 30.3 Å². The Labute approximate surface area is 123 Å². The van der Waals surface area contributed by atoms with Gasteiger partial charge in [0.15, 0.2) is 0 Å². The zero-order chi connectivity index (χ0) is 14.2. The maximum atomic E-state index is 12.5. The van der Waals surface area contributed by atoms with Crippen LogP contribution in [-0.2, 0) is 15.6 Å². The van der Waals surface area contributed by atoms with Crippen molar-refractivity contribution in [1.82, 2.24) is 4.72 Å². The van der Waals surface area contributed by atoms with E-state index in [1.165, 1.54) is 6.07 Å². The Morgan fingerprint density at radius 3 is 2.15 bits per heavy atom. The van der Waals surface area contributed by atoms with Crippen molar-refractivity contribution in [2.24, 2.45) is 0 Å². The molecule has 1 aliphatic rings. The third-order valence-corrected chi connectivity index (χ3v) is 5.57. The molecule has 20 heavy (non-hydrogen) atoms. The zero-order valence-electron chi connectivity index (χ0n) is 10.7. The lowest BCUT2D eigenvalue weighted by Crippen LogP contribution is -2.34. The highest BCUT2D eigenvalue weighted by molar-refractivity contribution is 7.89. The third-order valence-electron chi connectivity index (χ3n) is 3.53. The molecule has 1 fully saturated rings. The van der Waals surface area contributed by atoms with Crippen LogP contribution in [0.15, 0.2) is 59.5 Å². The molecule has 1 saturated carbocycles. The molecule has 0 amide bonds. The summed E-state index contributed by atoms with van der Waals surface area (Å²) in [5, 5.41) is 0.240. The van der Waals surface area contributed by atoms with Crippen LogP contribution in [0.1, 0.15) is 18.4 Å². The molecular weight excluding hydrogens is 294 g/mol. The van der Waals surface area contributed by atoms with Gasteiger partial charge in [-0.3, -0.25) is 0 Å². The van der Waals surface area contributed by atoms with Gasteiger partial charge in [-0.05, 0) is 30.5 Å². The Hall–Kier alpha value is -1.36. The van der Waals surface area contributed by atoms with Gasteiger partial charge in [0, 0.05) is 0 Å². The molecule has 0 spiro atoms. The molecule has 0 unspecified atom stereocenters. The van der Waals surface area contributed by atoms with Crippen molar-refractivity contribution in [3.63, 3.8) is 0 Å². The number of halogens is 1. The van der Waals surface area contributed by atoms with Crippen LogP contribution in [0.5, 0.6) is 0 Å². The van der Waals surface area contributed by atoms with Crippen molar-refractivity contribution in [3.8, 4) is 0 Å². The second-order valence-electron chi connectivity index (χ2n) is 4.98. The van der Waals surface area contributed by atoms with E-state index in [-0.39, 0.29) is 9.92 Å². The van der Waals surface area contributed by atoms with Crippen molar-refractivity contribution in [2.45, 2.75) is 23.3 Å². The molecule has 2 aromatic rings. The van der Waals surface area contributed by atoms with Crippen molar-refractivity contribution < 1.29 is 8.42 Å². The zero-order valence-corrected chi connectivity index (χ0v) is 12.3. The predicted octanol–water partition coefficient (Wildman–Crippen LogP) is 3.31. The summed E-state index contributed by atoms with van der Waals surface area (Å²) >= 11 is 5.98. The lowest BCUT2D eigenvalue weighted by molar-refractivity contribution is 0.552. The van der Waals surface area contributed by atoms with Gasteiger partial charge in [0.2, 0.25) is 10.0 Å². The summed E-state index contributed by atoms with van der Waals surface area (Å²) < 4.78 is 27.8. The van der Waals surface area contributed by atoms with E-state index in [1.54, 1.807) is 18.2 Å². The summed E-state index contributed by atoms with van der Waals surface area (Å²) in [6.45, 7) is 0. The van der Waals surface area contributed by atoms with Crippen LogP contribution in [0.3, 0.4) is 0 Å². The molecule has 5 heteroatoms. The number of hydrogen-bond acceptors (Lipinski definition) is 2. The highest BCUT2D eigenvalue weighted by atomic mass is 35.5. The first-order valence-corrected chi connectivity index (χ1v) is 8.24. The SMILES string of the molecule is O=S(=O)(NC1(c2ccccc2)CC1)c1ccccc1Cl. The predicted molar refractivity (Wildman–Crippen MR) is 79.1 cm³/mol. The Morgan fingerprint density at radius 2 is 1.55 bits per heavy atom. The Kier molecular flexibility index (Phi) is 3.32. The molecule has 0 aliphatic heterocycles. The summed E-state index contributed by atoms with van der Waals surface area (Å²) in [7, 11) is -3.62. The molecule has 1 aliphatic carbocycles. The van der Waals surface area contributed by atoms with Gasteiger partial charge >= 0.3 is 0 Å². The molecule has 1 N–H and O–H groups in total. The smallest absolute Gasteiger partial charge is 0.207 e. The van der Waals surface area contributed by atoms with Gasteiger partial charge in [0.05, 0.1) is 10.6 Å². The standard InChI is InChI=1S/C15H14ClNO2S/c16-13-8-4-5-9-14(13)20(18,19)17-15(10-11-15)12-6-2-1-3-7-12/h1-9,17H,10-11H2. The summed E-state index contributed by atoms with van der Waals surface area (Å²) in [5.74, 6) is 0. The number of sulfonamides is 1. The van der Waals surface area contributed by atoms with Gasteiger partial charge in [-0.2, -0.15) is 0 Å². The molecule has 0 bridgehead atoms. The average molecular weight is 308 g/mol. The fraction of sp³-hybridized carbons (Fsp3) is 0.200. The maximum Gasteiger partial charge on any atom is 0.242 e. The molecule has 0 radical (unpaired) electrons. The number of nitrogens with one attached hydrogen (secondary N) is 1. The van der Waals surface area contributed by atoms with Crippen molar-refractivity contribution in [1.29, 1.82) is 0 Å². The molecule has 0 atom stereocenters. The summed E-state index contributed by atoms with van der Waals surface area (Å²) in [6, 6.07) is 16.1. The number of rotatable bonds is 4. The molecular formula is C15H14ClNO2S. The Morgan fingerprint density at radius 1 is 0.950 bits per heavy atom. The van der Waals surface area contributed by atoms with Crippen LogP contribution in [0, 0.1) is 0 Å². The quantitative estimate of drug-likeness (QED) is 0.942. The van der Waals surface area contributed by atoms with E-state index in [2.05, 4.69) is 4.72 Å². The van der Waals surface area contributed by atoms with Gasteiger partial charge in [-0.15, -0.1) is 0 Å². The highest BCUT2D eigenvalue weighted by Gasteiger charge is 2.47. The van der Waals surface area contributed by atoms with E-state index in [9.17, 15) is 8.42 Å². The summed E-state index contributed by atoms with van der Waals surface area (Å²) in [4.78, 5) is 0.129. The molecule has 0 heterocycles. The van der Waals surface area contributed by atoms with E-state index < -0.39 is 15.6 Å². The second kappa shape index (κ2) is 4.88. The van der Waals surface area contributed by atoms with Gasteiger partial charge in [-0.25, -0.2) is 13.1 Å². The average Bonchev–Trinajstić information content (AvgIpc) is 3.20. The van der Waals surface area contributed by atoms with Gasteiger partial charge in [-0.1, -0.05) is 54.1 Å². The highest BCUT2D eigenvalue weighted by Crippen LogP contribution is 2.46. The van der Waals surface area contributed by atoms with Crippen LogP contribution >= 0.6 is 11.6 Å². The Bertz CT molecular complexity index is 725. The molecule has 3 nitrogen and oxygen atoms in total. The minimum atomic E-state index is -3.62. The fourth-order valence-corrected chi connectivity index (χ4v) is 4.28. The molecule has 2 aromatic carbocycles. The largest absolute Gasteiger partial charge is 0.242 e. The normalized spacial score (nSPS) is 16.9. The van der Waals surface area contributed by atoms with Crippen molar-refractivity contribution >= 4 is 21.6 Å². The number of hydrogen-bond donors (Lipinski definition) is 1. The minimum Gasteiger partial charge on any atom is -0.207 e. The van der Waals surface area contributed by atoms with Crippen molar-refractivity contribution in [3.05, 3.63) is 65.2 Å². The Balaban J connectivity index is 1.94.